The maximum absolute atomic E-state index is 14.3. The zero-order chi connectivity index (χ0) is 31.0. The van der Waals surface area contributed by atoms with Crippen LogP contribution in [0.2, 0.25) is 5.02 Å². The van der Waals surface area contributed by atoms with E-state index in [1.807, 2.05) is 30.3 Å². The number of hydrogen-bond acceptors (Lipinski definition) is 4. The van der Waals surface area contributed by atoms with Crippen LogP contribution in [0.5, 0.6) is 0 Å². The minimum atomic E-state index is -4.17. The van der Waals surface area contributed by atoms with Crippen LogP contribution in [-0.4, -0.2) is 62.2 Å². The number of hydrogen-bond donors (Lipinski definition) is 1. The van der Waals surface area contributed by atoms with Crippen molar-refractivity contribution in [3.05, 3.63) is 101 Å². The molecule has 0 aliphatic heterocycles. The van der Waals surface area contributed by atoms with Crippen molar-refractivity contribution >= 4 is 39.3 Å². The number of amides is 2. The molecule has 0 aromatic heterocycles. The molecule has 11 heteroatoms. The molecule has 43 heavy (non-hydrogen) atoms. The summed E-state index contributed by atoms with van der Waals surface area (Å²) in [6.07, 6.45) is 5.10. The van der Waals surface area contributed by atoms with Gasteiger partial charge < -0.3 is 10.2 Å². The van der Waals surface area contributed by atoms with Gasteiger partial charge in [-0.25, -0.2) is 8.70 Å². The Morgan fingerprint density at radius 2 is 1.56 bits per heavy atom. The quantitative estimate of drug-likeness (QED) is 0.299. The van der Waals surface area contributed by atoms with E-state index in [0.717, 1.165) is 58.4 Å². The molecule has 0 spiro atoms. The van der Waals surface area contributed by atoms with E-state index >= 15 is 0 Å². The van der Waals surface area contributed by atoms with Gasteiger partial charge in [0, 0.05) is 38.1 Å². The van der Waals surface area contributed by atoms with Crippen LogP contribution in [-0.2, 0) is 32.8 Å². The number of nitrogens with zero attached hydrogens (tertiary/aromatic N) is 3. The van der Waals surface area contributed by atoms with Crippen molar-refractivity contribution in [3.63, 3.8) is 0 Å². The van der Waals surface area contributed by atoms with Gasteiger partial charge in [-0.1, -0.05) is 79.4 Å². The Morgan fingerprint density at radius 3 is 2.19 bits per heavy atom. The van der Waals surface area contributed by atoms with Crippen LogP contribution >= 0.6 is 11.6 Å². The normalized spacial score (nSPS) is 14.7. The number of anilines is 1. The van der Waals surface area contributed by atoms with E-state index in [0.29, 0.717) is 10.6 Å². The SMILES string of the molecule is CN(C)S(=O)(=O)N(CC(=O)N(Cc1ccccc1Cl)[C@@H](Cc1ccccc1)C(=O)NC1CCCCC1)c1ccc(F)cc1. The second kappa shape index (κ2) is 14.8. The van der Waals surface area contributed by atoms with E-state index in [4.69, 9.17) is 11.6 Å². The fourth-order valence-electron chi connectivity index (χ4n) is 5.23. The Bertz CT molecular complexity index is 1480. The monoisotopic (exact) mass is 628 g/mol. The highest BCUT2D eigenvalue weighted by atomic mass is 35.5. The summed E-state index contributed by atoms with van der Waals surface area (Å²) in [6.45, 7) is -0.633. The molecule has 4 rings (SSSR count). The van der Waals surface area contributed by atoms with Gasteiger partial charge in [0.25, 0.3) is 0 Å². The lowest BCUT2D eigenvalue weighted by Crippen LogP contribution is -2.55. The third-order valence-electron chi connectivity index (χ3n) is 7.65. The third kappa shape index (κ3) is 8.55. The van der Waals surface area contributed by atoms with Crippen molar-refractivity contribution in [2.75, 3.05) is 24.9 Å². The lowest BCUT2D eigenvalue weighted by molar-refractivity contribution is -0.140. The topological polar surface area (TPSA) is 90.0 Å². The minimum Gasteiger partial charge on any atom is -0.352 e. The molecule has 2 amide bonds. The highest BCUT2D eigenvalue weighted by Crippen LogP contribution is 2.25. The van der Waals surface area contributed by atoms with Gasteiger partial charge >= 0.3 is 10.2 Å². The lowest BCUT2D eigenvalue weighted by Gasteiger charge is -2.35. The summed E-state index contributed by atoms with van der Waals surface area (Å²) in [6, 6.07) is 20.4. The van der Waals surface area contributed by atoms with Crippen molar-refractivity contribution in [2.45, 2.75) is 57.2 Å². The summed E-state index contributed by atoms with van der Waals surface area (Å²) in [5.74, 6) is -1.45. The maximum atomic E-state index is 14.3. The first-order valence-corrected chi connectivity index (χ1v) is 16.2. The molecule has 1 saturated carbocycles. The standard InChI is InChI=1S/C32H38ClFN4O4S/c1-36(2)43(41,42)38(28-19-17-26(34)18-20-28)23-31(39)37(22-25-13-9-10-16-29(25)33)30(21-24-11-5-3-6-12-24)32(40)35-27-14-7-4-8-15-27/h3,5-6,9-13,16-20,27,30H,4,7-8,14-15,21-23H2,1-2H3,(H,35,40)/t30-/m0/s1. The van der Waals surface area contributed by atoms with Crippen LogP contribution in [0.25, 0.3) is 0 Å². The Morgan fingerprint density at radius 1 is 0.930 bits per heavy atom. The molecule has 230 valence electrons. The van der Waals surface area contributed by atoms with Gasteiger partial charge in [0.2, 0.25) is 11.8 Å². The fourth-order valence-corrected chi connectivity index (χ4v) is 6.48. The van der Waals surface area contributed by atoms with Crippen LogP contribution in [0, 0.1) is 5.82 Å². The lowest BCUT2D eigenvalue weighted by atomic mass is 9.94. The van der Waals surface area contributed by atoms with Gasteiger partial charge in [-0.3, -0.25) is 9.59 Å². The zero-order valence-electron chi connectivity index (χ0n) is 24.5. The van der Waals surface area contributed by atoms with Crippen molar-refractivity contribution in [1.29, 1.82) is 0 Å². The van der Waals surface area contributed by atoms with Gasteiger partial charge in [-0.15, -0.1) is 0 Å². The van der Waals surface area contributed by atoms with Crippen LogP contribution < -0.4 is 9.62 Å². The van der Waals surface area contributed by atoms with Crippen LogP contribution in [0.4, 0.5) is 10.1 Å². The third-order valence-corrected chi connectivity index (χ3v) is 9.84. The van der Waals surface area contributed by atoms with Crippen molar-refractivity contribution in [2.24, 2.45) is 0 Å². The van der Waals surface area contributed by atoms with Crippen molar-refractivity contribution in [3.8, 4) is 0 Å². The summed E-state index contributed by atoms with van der Waals surface area (Å²) in [5.41, 5.74) is 1.58. The van der Waals surface area contributed by atoms with Gasteiger partial charge in [-0.2, -0.15) is 12.7 Å². The molecule has 3 aromatic carbocycles. The van der Waals surface area contributed by atoms with E-state index in [-0.39, 0.29) is 30.6 Å². The largest absolute Gasteiger partial charge is 0.352 e. The molecule has 0 unspecified atom stereocenters. The molecule has 8 nitrogen and oxygen atoms in total. The van der Waals surface area contributed by atoms with Gasteiger partial charge in [0.05, 0.1) is 5.69 Å². The molecular weight excluding hydrogens is 591 g/mol. The summed E-state index contributed by atoms with van der Waals surface area (Å²) >= 11 is 6.52. The van der Waals surface area contributed by atoms with E-state index in [9.17, 15) is 22.4 Å². The van der Waals surface area contributed by atoms with Crippen LogP contribution in [0.15, 0.2) is 78.9 Å². The van der Waals surface area contributed by atoms with Crippen molar-refractivity contribution in [1.82, 2.24) is 14.5 Å². The summed E-state index contributed by atoms with van der Waals surface area (Å²) in [7, 11) is -1.46. The summed E-state index contributed by atoms with van der Waals surface area (Å²) < 4.78 is 42.5. The van der Waals surface area contributed by atoms with E-state index in [2.05, 4.69) is 5.32 Å². The fraction of sp³-hybridized carbons (Fsp3) is 0.375. The van der Waals surface area contributed by atoms with E-state index in [1.54, 1.807) is 24.3 Å². The van der Waals surface area contributed by atoms with E-state index in [1.165, 1.54) is 31.1 Å². The Kier molecular flexibility index (Phi) is 11.2. The van der Waals surface area contributed by atoms with Crippen LogP contribution in [0.3, 0.4) is 0 Å². The molecule has 1 fully saturated rings. The first kappa shape index (κ1) is 32.4. The molecular formula is C32H38ClFN4O4S. The molecule has 0 heterocycles. The number of rotatable bonds is 12. The highest BCUT2D eigenvalue weighted by molar-refractivity contribution is 7.90. The molecule has 1 atom stereocenters. The first-order chi connectivity index (χ1) is 20.6. The van der Waals surface area contributed by atoms with Crippen molar-refractivity contribution < 1.29 is 22.4 Å². The predicted molar refractivity (Wildman–Crippen MR) is 167 cm³/mol. The smallest absolute Gasteiger partial charge is 0.304 e. The molecule has 3 aromatic rings. The highest BCUT2D eigenvalue weighted by Gasteiger charge is 2.35. The molecule has 1 aliphatic carbocycles. The Hall–Kier alpha value is -3.47. The Balaban J connectivity index is 1.75. The average molecular weight is 629 g/mol. The number of benzene rings is 3. The zero-order valence-corrected chi connectivity index (χ0v) is 26.0. The number of carbonyl (C=O) groups is 2. The number of nitrogens with one attached hydrogen (secondary N) is 1. The van der Waals surface area contributed by atoms with Gasteiger partial charge in [-0.05, 0) is 54.3 Å². The first-order valence-electron chi connectivity index (χ1n) is 14.4. The molecule has 0 saturated heterocycles. The number of carbonyl (C=O) groups excluding carboxylic acids is 2. The summed E-state index contributed by atoms with van der Waals surface area (Å²) in [5, 5.41) is 3.59. The Labute approximate surface area is 258 Å². The second-order valence-corrected chi connectivity index (χ2v) is 13.4. The molecule has 1 N–H and O–H groups in total. The van der Waals surface area contributed by atoms with Gasteiger partial charge in [0.1, 0.15) is 18.4 Å². The molecule has 1 aliphatic rings. The summed E-state index contributed by atoms with van der Waals surface area (Å²) in [4.78, 5) is 29.7. The maximum Gasteiger partial charge on any atom is 0.304 e. The van der Waals surface area contributed by atoms with E-state index < -0.39 is 34.5 Å². The predicted octanol–water partition coefficient (Wildman–Crippen LogP) is 5.18. The number of halogens is 2. The molecule has 0 bridgehead atoms. The minimum absolute atomic E-state index is 0.00150. The van der Waals surface area contributed by atoms with Gasteiger partial charge in [0.15, 0.2) is 0 Å². The van der Waals surface area contributed by atoms with Crippen LogP contribution in [0.1, 0.15) is 43.2 Å². The molecule has 0 radical (unpaired) electrons. The second-order valence-electron chi connectivity index (χ2n) is 10.9. The average Bonchev–Trinajstić information content (AvgIpc) is 3.00.